The molecule has 0 N–H and O–H groups in total. The summed E-state index contributed by atoms with van der Waals surface area (Å²) < 4.78 is 17.1. The molecule has 24 heavy (non-hydrogen) atoms. The summed E-state index contributed by atoms with van der Waals surface area (Å²) in [7, 11) is 0.926. The fourth-order valence-corrected chi connectivity index (χ4v) is 3.59. The fourth-order valence-electron chi connectivity index (χ4n) is 3.32. The van der Waals surface area contributed by atoms with Gasteiger partial charge < -0.3 is 14.0 Å². The highest BCUT2D eigenvalue weighted by Gasteiger charge is 2.52. The van der Waals surface area contributed by atoms with Crippen LogP contribution in [0.5, 0.6) is 0 Å². The van der Waals surface area contributed by atoms with Gasteiger partial charge in [-0.1, -0.05) is 30.2 Å². The topological polar surface area (TPSA) is 44.8 Å². The van der Waals surface area contributed by atoms with E-state index in [1.807, 2.05) is 45.9 Å². The molecule has 0 amide bonds. The molecule has 130 valence electrons. The van der Waals surface area contributed by atoms with Crippen LogP contribution in [0.25, 0.3) is 0 Å². The van der Waals surface area contributed by atoms with Crippen LogP contribution >= 0.6 is 11.6 Å². The second-order valence-electron chi connectivity index (χ2n) is 7.75. The summed E-state index contributed by atoms with van der Waals surface area (Å²) in [5, 5.41) is 0.557. The number of carbonyl (C=O) groups excluding carboxylic acids is 1. The van der Waals surface area contributed by atoms with E-state index in [0.717, 1.165) is 30.3 Å². The van der Waals surface area contributed by atoms with Crippen molar-refractivity contribution >= 4 is 30.2 Å². The zero-order chi connectivity index (χ0) is 17.8. The summed E-state index contributed by atoms with van der Waals surface area (Å²) in [4.78, 5) is 12.2. The van der Waals surface area contributed by atoms with Crippen LogP contribution in [-0.2, 0) is 24.3 Å². The van der Waals surface area contributed by atoms with Crippen LogP contribution in [0.3, 0.4) is 0 Å². The largest absolute Gasteiger partial charge is 0.496 e. The van der Waals surface area contributed by atoms with Crippen LogP contribution in [0.15, 0.2) is 18.2 Å². The third-order valence-electron chi connectivity index (χ3n) is 5.84. The van der Waals surface area contributed by atoms with E-state index in [2.05, 4.69) is 0 Å². The maximum atomic E-state index is 12.2. The van der Waals surface area contributed by atoms with Crippen molar-refractivity contribution in [2.75, 3.05) is 7.11 Å². The third kappa shape index (κ3) is 2.58. The van der Waals surface area contributed by atoms with Crippen LogP contribution in [0, 0.1) is 0 Å². The molecule has 1 saturated carbocycles. The van der Waals surface area contributed by atoms with Gasteiger partial charge in [0, 0.05) is 10.5 Å². The Morgan fingerprint density at radius 3 is 2.17 bits per heavy atom. The molecule has 6 heteroatoms. The van der Waals surface area contributed by atoms with E-state index in [1.54, 1.807) is 0 Å². The van der Waals surface area contributed by atoms with Gasteiger partial charge in [-0.3, -0.25) is 4.79 Å². The molecule has 0 unspecified atom stereocenters. The summed E-state index contributed by atoms with van der Waals surface area (Å²) in [6.07, 6.45) is 2.61. The minimum Gasteiger partial charge on any atom is -0.468 e. The number of halogens is 1. The summed E-state index contributed by atoms with van der Waals surface area (Å²) >= 11 is 6.52. The molecule has 0 aromatic heterocycles. The highest BCUT2D eigenvalue weighted by atomic mass is 35.5. The molecule has 1 heterocycles. The van der Waals surface area contributed by atoms with Crippen LogP contribution in [0.2, 0.25) is 5.02 Å². The van der Waals surface area contributed by atoms with E-state index < -0.39 is 23.7 Å². The molecule has 0 bridgehead atoms. The van der Waals surface area contributed by atoms with E-state index in [1.165, 1.54) is 7.11 Å². The maximum absolute atomic E-state index is 12.2. The summed E-state index contributed by atoms with van der Waals surface area (Å²) in [6.45, 7) is 8.04. The first-order chi connectivity index (χ1) is 11.1. The van der Waals surface area contributed by atoms with Gasteiger partial charge in [-0.25, -0.2) is 0 Å². The Bertz CT molecular complexity index is 651. The first kappa shape index (κ1) is 17.8. The number of hydrogen-bond acceptors (Lipinski definition) is 4. The maximum Gasteiger partial charge on any atom is 0.496 e. The molecule has 1 saturated heterocycles. The van der Waals surface area contributed by atoms with Crippen molar-refractivity contribution in [1.82, 2.24) is 0 Å². The molecule has 0 radical (unpaired) electrons. The van der Waals surface area contributed by atoms with E-state index in [0.29, 0.717) is 5.02 Å². The van der Waals surface area contributed by atoms with Crippen molar-refractivity contribution in [1.29, 1.82) is 0 Å². The van der Waals surface area contributed by atoms with Gasteiger partial charge in [0.15, 0.2) is 0 Å². The Hall–Kier alpha value is -1.04. The number of benzene rings is 1. The molecule has 3 rings (SSSR count). The van der Waals surface area contributed by atoms with E-state index in [-0.39, 0.29) is 5.97 Å². The van der Waals surface area contributed by atoms with E-state index in [9.17, 15) is 4.79 Å². The monoisotopic (exact) mass is 350 g/mol. The average molecular weight is 351 g/mol. The van der Waals surface area contributed by atoms with Gasteiger partial charge in [-0.2, -0.15) is 0 Å². The number of ether oxygens (including phenoxy) is 1. The average Bonchev–Trinajstić information content (AvgIpc) is 2.65. The van der Waals surface area contributed by atoms with Crippen molar-refractivity contribution in [2.24, 2.45) is 0 Å². The Morgan fingerprint density at radius 2 is 1.75 bits per heavy atom. The van der Waals surface area contributed by atoms with Crippen molar-refractivity contribution in [2.45, 2.75) is 63.6 Å². The van der Waals surface area contributed by atoms with Gasteiger partial charge in [0.1, 0.15) is 0 Å². The van der Waals surface area contributed by atoms with Crippen molar-refractivity contribution < 1.29 is 18.8 Å². The Kier molecular flexibility index (Phi) is 4.26. The molecule has 1 aromatic carbocycles. The minimum absolute atomic E-state index is 0.187. The molecular weight excluding hydrogens is 326 g/mol. The Morgan fingerprint density at radius 1 is 1.17 bits per heavy atom. The Labute approximate surface area is 148 Å². The first-order valence-electron chi connectivity index (χ1n) is 8.37. The van der Waals surface area contributed by atoms with Gasteiger partial charge in [0.05, 0.1) is 23.7 Å². The number of esters is 1. The molecule has 2 aliphatic rings. The SMILES string of the molecule is COC(=O)C1(c2ccc(B3OC(C)(C)C(C)(C)O3)c(Cl)c2)CCC1. The van der Waals surface area contributed by atoms with Gasteiger partial charge in [-0.15, -0.1) is 0 Å². The molecule has 1 aromatic rings. The molecule has 2 fully saturated rings. The normalized spacial score (nSPS) is 23.7. The van der Waals surface area contributed by atoms with Crippen molar-refractivity contribution in [3.8, 4) is 0 Å². The van der Waals surface area contributed by atoms with E-state index in [4.69, 9.17) is 25.6 Å². The predicted molar refractivity (Wildman–Crippen MR) is 94.7 cm³/mol. The number of hydrogen-bond donors (Lipinski definition) is 0. The van der Waals surface area contributed by atoms with Crippen LogP contribution in [-0.4, -0.2) is 31.4 Å². The van der Waals surface area contributed by atoms with Crippen LogP contribution in [0.4, 0.5) is 0 Å². The predicted octanol–water partition coefficient (Wildman–Crippen LogP) is 3.23. The standard InChI is InChI=1S/C18H24BClO4/c1-16(2)17(3,4)24-19(23-16)13-8-7-12(11-14(13)20)18(9-6-10-18)15(21)22-5/h7-8,11H,6,9-10H2,1-5H3. The number of rotatable bonds is 3. The highest BCUT2D eigenvalue weighted by molar-refractivity contribution is 6.65. The van der Waals surface area contributed by atoms with Gasteiger partial charge in [-0.05, 0) is 52.2 Å². The lowest BCUT2D eigenvalue weighted by atomic mass is 9.64. The molecule has 4 nitrogen and oxygen atoms in total. The lowest BCUT2D eigenvalue weighted by Gasteiger charge is -2.39. The summed E-state index contributed by atoms with van der Waals surface area (Å²) in [5.41, 5.74) is 0.318. The second kappa shape index (κ2) is 5.75. The zero-order valence-electron chi connectivity index (χ0n) is 14.9. The molecule has 1 aliphatic heterocycles. The van der Waals surface area contributed by atoms with Gasteiger partial charge in [0.25, 0.3) is 0 Å². The smallest absolute Gasteiger partial charge is 0.468 e. The highest BCUT2D eigenvalue weighted by Crippen LogP contribution is 2.45. The van der Waals surface area contributed by atoms with Crippen molar-refractivity contribution in [3.05, 3.63) is 28.8 Å². The second-order valence-corrected chi connectivity index (χ2v) is 8.16. The third-order valence-corrected chi connectivity index (χ3v) is 6.17. The van der Waals surface area contributed by atoms with Crippen molar-refractivity contribution in [3.63, 3.8) is 0 Å². The molecule has 0 spiro atoms. The number of methoxy groups -OCH3 is 1. The quantitative estimate of drug-likeness (QED) is 0.620. The molecular formula is C18H24BClO4. The van der Waals surface area contributed by atoms with Crippen LogP contribution in [0.1, 0.15) is 52.5 Å². The summed E-state index contributed by atoms with van der Waals surface area (Å²) in [5.74, 6) is -0.187. The number of carbonyl (C=O) groups is 1. The molecule has 0 atom stereocenters. The minimum atomic E-state index is -0.549. The lowest BCUT2D eigenvalue weighted by molar-refractivity contribution is -0.151. The lowest BCUT2D eigenvalue weighted by Crippen LogP contribution is -2.44. The molecule has 1 aliphatic carbocycles. The summed E-state index contributed by atoms with van der Waals surface area (Å²) in [6, 6.07) is 5.71. The van der Waals surface area contributed by atoms with Crippen LogP contribution < -0.4 is 5.46 Å². The first-order valence-corrected chi connectivity index (χ1v) is 8.75. The Balaban J connectivity index is 1.91. The van der Waals surface area contributed by atoms with Gasteiger partial charge >= 0.3 is 13.1 Å². The van der Waals surface area contributed by atoms with Gasteiger partial charge in [0.2, 0.25) is 0 Å². The van der Waals surface area contributed by atoms with E-state index >= 15 is 0 Å². The fraction of sp³-hybridized carbons (Fsp3) is 0.611. The zero-order valence-corrected chi connectivity index (χ0v) is 15.7.